The molecule has 0 aliphatic heterocycles. The smallest absolute Gasteiger partial charge is 0.316 e. The summed E-state index contributed by atoms with van der Waals surface area (Å²) in [6, 6.07) is 11.1. The highest BCUT2D eigenvalue weighted by atomic mass is 35.5. The van der Waals surface area contributed by atoms with E-state index in [1.165, 1.54) is 18.4 Å². The fraction of sp³-hybridized carbons (Fsp3) is 0.333. The number of thiophene rings is 1. The van der Waals surface area contributed by atoms with Crippen molar-refractivity contribution >= 4 is 41.3 Å². The van der Waals surface area contributed by atoms with E-state index in [2.05, 4.69) is 5.32 Å². The summed E-state index contributed by atoms with van der Waals surface area (Å²) >= 11 is 1.38. The average Bonchev–Trinajstić information content (AvgIpc) is 3.03. The van der Waals surface area contributed by atoms with Crippen LogP contribution >= 0.6 is 23.7 Å². The lowest BCUT2D eigenvalue weighted by atomic mass is 9.64. The normalized spacial score (nSPS) is 14.8. The molecule has 1 saturated carbocycles. The Bertz CT molecular complexity index is 771. The van der Waals surface area contributed by atoms with E-state index in [4.69, 9.17) is 10.5 Å². The number of nitrogens with one attached hydrogen (secondary N) is 1. The number of methoxy groups -OCH3 is 1. The summed E-state index contributed by atoms with van der Waals surface area (Å²) in [5, 5.41) is 2.89. The first-order valence-corrected chi connectivity index (χ1v) is 8.70. The summed E-state index contributed by atoms with van der Waals surface area (Å²) in [5.74, 6) is -0.374. The SMILES string of the molecule is COC(=O)C1(c2cccc(NC(=O)c3ccc(CN)s3)c2)CCC1.Cl. The average molecular weight is 381 g/mol. The van der Waals surface area contributed by atoms with Crippen LogP contribution in [0.25, 0.3) is 0 Å². The zero-order chi connectivity index (χ0) is 17.2. The van der Waals surface area contributed by atoms with E-state index in [0.717, 1.165) is 29.7 Å². The molecule has 1 fully saturated rings. The Morgan fingerprint density at radius 1 is 1.28 bits per heavy atom. The van der Waals surface area contributed by atoms with E-state index in [1.54, 1.807) is 6.07 Å². The minimum atomic E-state index is -0.564. The zero-order valence-electron chi connectivity index (χ0n) is 13.9. The summed E-state index contributed by atoms with van der Waals surface area (Å²) < 4.78 is 4.98. The van der Waals surface area contributed by atoms with Crippen molar-refractivity contribution in [2.24, 2.45) is 5.73 Å². The molecule has 2 aromatic rings. The second-order valence-corrected chi connectivity index (χ2v) is 7.10. The minimum Gasteiger partial charge on any atom is -0.468 e. The van der Waals surface area contributed by atoms with Gasteiger partial charge in [0.05, 0.1) is 17.4 Å². The van der Waals surface area contributed by atoms with Crippen LogP contribution in [0.2, 0.25) is 0 Å². The predicted molar refractivity (Wildman–Crippen MR) is 101 cm³/mol. The zero-order valence-corrected chi connectivity index (χ0v) is 15.5. The Labute approximate surface area is 157 Å². The van der Waals surface area contributed by atoms with Gasteiger partial charge in [0.15, 0.2) is 0 Å². The number of nitrogens with two attached hydrogens (primary N) is 1. The molecule has 0 unspecified atom stereocenters. The number of benzene rings is 1. The van der Waals surface area contributed by atoms with Crippen LogP contribution in [-0.2, 0) is 21.5 Å². The first-order chi connectivity index (χ1) is 11.6. The molecule has 0 atom stereocenters. The van der Waals surface area contributed by atoms with Crippen LogP contribution in [0, 0.1) is 0 Å². The molecule has 1 aliphatic carbocycles. The molecule has 1 aliphatic rings. The number of hydrogen-bond donors (Lipinski definition) is 2. The summed E-state index contributed by atoms with van der Waals surface area (Å²) in [6.45, 7) is 0.426. The van der Waals surface area contributed by atoms with Crippen molar-refractivity contribution in [1.82, 2.24) is 0 Å². The van der Waals surface area contributed by atoms with Crippen molar-refractivity contribution in [2.45, 2.75) is 31.2 Å². The van der Waals surface area contributed by atoms with Gasteiger partial charge in [-0.2, -0.15) is 0 Å². The Hall–Kier alpha value is -1.89. The maximum atomic E-state index is 12.3. The largest absolute Gasteiger partial charge is 0.468 e. The molecule has 1 heterocycles. The molecule has 134 valence electrons. The van der Waals surface area contributed by atoms with Crippen molar-refractivity contribution in [3.63, 3.8) is 0 Å². The van der Waals surface area contributed by atoms with Gasteiger partial charge < -0.3 is 15.8 Å². The van der Waals surface area contributed by atoms with Gasteiger partial charge in [0.2, 0.25) is 0 Å². The van der Waals surface area contributed by atoms with Crippen LogP contribution in [0.5, 0.6) is 0 Å². The number of ether oxygens (including phenoxy) is 1. The van der Waals surface area contributed by atoms with Crippen molar-refractivity contribution in [3.05, 3.63) is 51.7 Å². The lowest BCUT2D eigenvalue weighted by Gasteiger charge is -2.39. The van der Waals surface area contributed by atoms with Gasteiger partial charge in [-0.1, -0.05) is 18.6 Å². The van der Waals surface area contributed by atoms with E-state index < -0.39 is 5.41 Å². The topological polar surface area (TPSA) is 81.4 Å². The van der Waals surface area contributed by atoms with E-state index >= 15 is 0 Å². The molecule has 0 spiro atoms. The van der Waals surface area contributed by atoms with Crippen LogP contribution in [0.3, 0.4) is 0 Å². The number of carbonyl (C=O) groups excluding carboxylic acids is 2. The molecule has 0 bridgehead atoms. The Balaban J connectivity index is 0.00000225. The number of carbonyl (C=O) groups is 2. The molecule has 1 amide bonds. The molecule has 3 N–H and O–H groups in total. The number of rotatable bonds is 5. The monoisotopic (exact) mass is 380 g/mol. The lowest BCUT2D eigenvalue weighted by molar-refractivity contribution is -0.151. The standard InChI is InChI=1S/C18H20N2O3S.ClH/c1-23-17(22)18(8-3-9-18)12-4-2-5-13(10-12)20-16(21)15-7-6-14(11-19)24-15;/h2,4-7,10H,3,8-9,11,19H2,1H3,(H,20,21);1H. The van der Waals surface area contributed by atoms with Gasteiger partial charge in [0.1, 0.15) is 0 Å². The van der Waals surface area contributed by atoms with Crippen molar-refractivity contribution in [2.75, 3.05) is 12.4 Å². The number of amides is 1. The van der Waals surface area contributed by atoms with Crippen LogP contribution in [0.15, 0.2) is 36.4 Å². The van der Waals surface area contributed by atoms with Crippen molar-refractivity contribution in [3.8, 4) is 0 Å². The van der Waals surface area contributed by atoms with Crippen LogP contribution in [0.1, 0.15) is 39.4 Å². The number of halogens is 1. The Morgan fingerprint density at radius 3 is 2.60 bits per heavy atom. The van der Waals surface area contributed by atoms with Gasteiger partial charge in [0, 0.05) is 17.1 Å². The first kappa shape index (κ1) is 19.4. The number of anilines is 1. The van der Waals surface area contributed by atoms with Gasteiger partial charge in [-0.25, -0.2) is 0 Å². The van der Waals surface area contributed by atoms with Crippen molar-refractivity contribution < 1.29 is 14.3 Å². The quantitative estimate of drug-likeness (QED) is 0.778. The summed E-state index contributed by atoms with van der Waals surface area (Å²) in [7, 11) is 1.42. The third-order valence-electron chi connectivity index (χ3n) is 4.54. The summed E-state index contributed by atoms with van der Waals surface area (Å²) in [4.78, 5) is 26.1. The second kappa shape index (κ2) is 7.99. The molecule has 7 heteroatoms. The molecular formula is C18H21ClN2O3S. The molecule has 5 nitrogen and oxygen atoms in total. The molecule has 1 aromatic heterocycles. The van der Waals surface area contributed by atoms with Gasteiger partial charge in [-0.15, -0.1) is 23.7 Å². The van der Waals surface area contributed by atoms with E-state index in [-0.39, 0.29) is 24.3 Å². The Morgan fingerprint density at radius 2 is 2.04 bits per heavy atom. The Kier molecular flexibility index (Phi) is 6.21. The molecule has 1 aromatic carbocycles. The highest BCUT2D eigenvalue weighted by molar-refractivity contribution is 7.14. The van der Waals surface area contributed by atoms with Gasteiger partial charge in [-0.3, -0.25) is 9.59 Å². The fourth-order valence-corrected chi connectivity index (χ4v) is 3.82. The lowest BCUT2D eigenvalue weighted by Crippen LogP contribution is -2.43. The van der Waals surface area contributed by atoms with Gasteiger partial charge >= 0.3 is 5.97 Å². The molecule has 25 heavy (non-hydrogen) atoms. The number of hydrogen-bond acceptors (Lipinski definition) is 5. The second-order valence-electron chi connectivity index (χ2n) is 5.93. The first-order valence-electron chi connectivity index (χ1n) is 7.88. The highest BCUT2D eigenvalue weighted by Gasteiger charge is 2.46. The van der Waals surface area contributed by atoms with Crippen LogP contribution < -0.4 is 11.1 Å². The predicted octanol–water partition coefficient (Wildman–Crippen LogP) is 3.48. The summed E-state index contributed by atoms with van der Waals surface area (Å²) in [6.07, 6.45) is 2.56. The maximum absolute atomic E-state index is 12.3. The van der Waals surface area contributed by atoms with E-state index in [1.807, 2.05) is 30.3 Å². The van der Waals surface area contributed by atoms with Gasteiger partial charge in [-0.05, 0) is 42.7 Å². The van der Waals surface area contributed by atoms with E-state index in [9.17, 15) is 9.59 Å². The maximum Gasteiger partial charge on any atom is 0.316 e. The van der Waals surface area contributed by atoms with Crippen LogP contribution in [0.4, 0.5) is 5.69 Å². The van der Waals surface area contributed by atoms with Crippen LogP contribution in [-0.4, -0.2) is 19.0 Å². The fourth-order valence-electron chi connectivity index (χ4n) is 3.03. The minimum absolute atomic E-state index is 0. The molecule has 3 rings (SSSR count). The number of esters is 1. The third-order valence-corrected chi connectivity index (χ3v) is 5.65. The molecular weight excluding hydrogens is 360 g/mol. The van der Waals surface area contributed by atoms with Crippen molar-refractivity contribution in [1.29, 1.82) is 0 Å². The van der Waals surface area contributed by atoms with Gasteiger partial charge in [0.25, 0.3) is 5.91 Å². The molecule has 0 radical (unpaired) electrons. The summed E-state index contributed by atoms with van der Waals surface area (Å²) in [5.41, 5.74) is 6.59. The molecule has 0 saturated heterocycles. The third kappa shape index (κ3) is 3.71. The highest BCUT2D eigenvalue weighted by Crippen LogP contribution is 2.45. The van der Waals surface area contributed by atoms with E-state index in [0.29, 0.717) is 17.1 Å².